The Kier molecular flexibility index (Phi) is 2.06. The molecule has 1 aromatic heterocycles. The zero-order chi connectivity index (χ0) is 9.42. The van der Waals surface area contributed by atoms with Crippen LogP contribution < -0.4 is 0 Å². The zero-order valence-corrected chi connectivity index (χ0v) is 7.95. The molecule has 13 heavy (non-hydrogen) atoms. The quantitative estimate of drug-likeness (QED) is 0.664. The van der Waals surface area contributed by atoms with Crippen LogP contribution in [0.1, 0.15) is 10.4 Å². The van der Waals surface area contributed by atoms with Gasteiger partial charge in [-0.05, 0) is 23.6 Å². The lowest BCUT2D eigenvalue weighted by Gasteiger charge is -1.94. The van der Waals surface area contributed by atoms with Gasteiger partial charge in [-0.15, -0.1) is 11.3 Å². The highest BCUT2D eigenvalue weighted by Gasteiger charge is 2.06. The number of carbonyl (C=O) groups is 1. The van der Waals surface area contributed by atoms with Gasteiger partial charge in [0, 0.05) is 15.3 Å². The highest BCUT2D eigenvalue weighted by atomic mass is 35.5. The Morgan fingerprint density at radius 2 is 2.15 bits per heavy atom. The van der Waals surface area contributed by atoms with Gasteiger partial charge in [-0.3, -0.25) is 4.79 Å². The summed E-state index contributed by atoms with van der Waals surface area (Å²) >= 11 is 6.69. The molecule has 0 fully saturated rings. The molecule has 0 spiro atoms. The lowest BCUT2D eigenvalue weighted by molar-refractivity contribution is 0.112. The fraction of sp³-hybridized carbons (Fsp3) is 0. The van der Waals surface area contributed by atoms with Crippen molar-refractivity contribution >= 4 is 39.3 Å². The van der Waals surface area contributed by atoms with Gasteiger partial charge in [-0.25, -0.2) is 0 Å². The van der Waals surface area contributed by atoms with Crippen molar-refractivity contribution in [2.24, 2.45) is 0 Å². The molecule has 1 aromatic carbocycles. The second-order valence-corrected chi connectivity index (χ2v) is 4.02. The molecule has 0 saturated carbocycles. The number of rotatable bonds is 1. The molecule has 66 valence electrons. The fourth-order valence-corrected chi connectivity index (χ4v) is 2.27. The Hall–Kier alpha value is -0.930. The van der Waals surface area contributed by atoms with E-state index in [2.05, 4.69) is 0 Å². The van der Waals surface area contributed by atoms with E-state index in [9.17, 15) is 9.18 Å². The van der Waals surface area contributed by atoms with Crippen LogP contribution in [0.5, 0.6) is 0 Å². The second-order valence-electron chi connectivity index (χ2n) is 2.58. The van der Waals surface area contributed by atoms with Gasteiger partial charge in [0.05, 0.1) is 0 Å². The summed E-state index contributed by atoms with van der Waals surface area (Å²) in [6, 6.07) is 4.55. The van der Waals surface area contributed by atoms with Crippen LogP contribution >= 0.6 is 22.9 Å². The van der Waals surface area contributed by atoms with Crippen molar-refractivity contribution in [3.63, 3.8) is 0 Å². The van der Waals surface area contributed by atoms with E-state index in [1.807, 2.05) is 0 Å². The van der Waals surface area contributed by atoms with Crippen molar-refractivity contribution < 1.29 is 9.18 Å². The van der Waals surface area contributed by atoms with Gasteiger partial charge in [0.15, 0.2) is 11.4 Å². The summed E-state index contributed by atoms with van der Waals surface area (Å²) in [5.74, 6) is 0. The molecular weight excluding hydrogens is 211 g/mol. The largest absolute Gasteiger partial charge is 0.298 e. The molecule has 0 bridgehead atoms. The number of halogens is 2. The summed E-state index contributed by atoms with van der Waals surface area (Å²) < 4.78 is 13.5. The average molecular weight is 215 g/mol. The molecule has 0 aliphatic heterocycles. The van der Waals surface area contributed by atoms with Gasteiger partial charge < -0.3 is 0 Å². The molecule has 2 aromatic rings. The summed E-state index contributed by atoms with van der Waals surface area (Å²) in [7, 11) is 0. The van der Waals surface area contributed by atoms with Crippen molar-refractivity contribution in [2.75, 3.05) is 0 Å². The van der Waals surface area contributed by atoms with Crippen LogP contribution in [-0.4, -0.2) is 6.29 Å². The lowest BCUT2D eigenvalue weighted by atomic mass is 10.2. The van der Waals surface area contributed by atoms with E-state index in [1.165, 1.54) is 12.1 Å². The molecule has 0 aliphatic rings. The lowest BCUT2D eigenvalue weighted by Crippen LogP contribution is -1.78. The third-order valence-corrected chi connectivity index (χ3v) is 2.91. The van der Waals surface area contributed by atoms with E-state index in [-0.39, 0.29) is 5.13 Å². The van der Waals surface area contributed by atoms with Crippen molar-refractivity contribution in [3.8, 4) is 0 Å². The molecule has 0 atom stereocenters. The fourth-order valence-electron chi connectivity index (χ4n) is 1.20. The predicted molar refractivity (Wildman–Crippen MR) is 52.2 cm³/mol. The molecule has 0 unspecified atom stereocenters. The summed E-state index contributed by atoms with van der Waals surface area (Å²) in [6.07, 6.45) is 0.685. The van der Waals surface area contributed by atoms with Crippen molar-refractivity contribution in [1.82, 2.24) is 0 Å². The minimum absolute atomic E-state index is 0.305. The van der Waals surface area contributed by atoms with E-state index < -0.39 is 0 Å². The number of carbonyl (C=O) groups excluding carboxylic acids is 1. The second kappa shape index (κ2) is 3.09. The molecule has 0 amide bonds. The first-order chi connectivity index (χ1) is 6.20. The Morgan fingerprint density at radius 1 is 1.38 bits per heavy atom. The minimum Gasteiger partial charge on any atom is -0.298 e. The first kappa shape index (κ1) is 8.66. The van der Waals surface area contributed by atoms with Crippen LogP contribution in [0.15, 0.2) is 18.2 Å². The van der Waals surface area contributed by atoms with Crippen LogP contribution in [-0.2, 0) is 0 Å². The van der Waals surface area contributed by atoms with Gasteiger partial charge in [-0.1, -0.05) is 11.6 Å². The summed E-state index contributed by atoms with van der Waals surface area (Å²) in [6.45, 7) is 0. The van der Waals surface area contributed by atoms with Crippen LogP contribution in [0, 0.1) is 5.13 Å². The number of thiophene rings is 1. The van der Waals surface area contributed by atoms with E-state index >= 15 is 0 Å². The Balaban J connectivity index is 2.88. The van der Waals surface area contributed by atoms with Gasteiger partial charge in [0.25, 0.3) is 0 Å². The Bertz CT molecular complexity index is 478. The smallest absolute Gasteiger partial charge is 0.177 e. The third-order valence-electron chi connectivity index (χ3n) is 1.71. The summed E-state index contributed by atoms with van der Waals surface area (Å²) in [5, 5.41) is 0.824. The molecule has 1 heterocycles. The maximum Gasteiger partial charge on any atom is 0.177 e. The monoisotopic (exact) mass is 214 g/mol. The van der Waals surface area contributed by atoms with Crippen molar-refractivity contribution in [2.45, 2.75) is 0 Å². The van der Waals surface area contributed by atoms with E-state index in [4.69, 9.17) is 11.6 Å². The molecule has 0 aliphatic carbocycles. The minimum atomic E-state index is -0.305. The summed E-state index contributed by atoms with van der Waals surface area (Å²) in [5.41, 5.74) is 0.441. The van der Waals surface area contributed by atoms with Crippen LogP contribution in [0.25, 0.3) is 10.1 Å². The standard InChI is InChI=1S/C9H4ClFOS/c10-7-1-5-3-8(11)13-9(5)6(2-7)4-12/h1-4H. The maximum absolute atomic E-state index is 12.8. The topological polar surface area (TPSA) is 17.1 Å². The van der Waals surface area contributed by atoms with Crippen molar-refractivity contribution in [3.05, 3.63) is 33.9 Å². The van der Waals surface area contributed by atoms with Crippen LogP contribution in [0.3, 0.4) is 0 Å². The predicted octanol–water partition coefficient (Wildman–Crippen LogP) is 3.51. The van der Waals surface area contributed by atoms with Crippen molar-refractivity contribution in [1.29, 1.82) is 0 Å². The van der Waals surface area contributed by atoms with E-state index in [0.717, 1.165) is 11.3 Å². The number of aldehydes is 1. The Labute approximate surface area is 82.7 Å². The number of hydrogen-bond donors (Lipinski definition) is 0. The molecule has 0 radical (unpaired) electrons. The molecule has 0 saturated heterocycles. The molecular formula is C9H4ClFOS. The summed E-state index contributed by atoms with van der Waals surface area (Å²) in [4.78, 5) is 10.6. The molecule has 0 N–H and O–H groups in total. The number of hydrogen-bond acceptors (Lipinski definition) is 2. The van der Waals surface area contributed by atoms with Crippen LogP contribution in [0.2, 0.25) is 5.02 Å². The van der Waals surface area contributed by atoms with Crippen LogP contribution in [0.4, 0.5) is 4.39 Å². The Morgan fingerprint density at radius 3 is 2.85 bits per heavy atom. The number of benzene rings is 1. The highest BCUT2D eigenvalue weighted by Crippen LogP contribution is 2.29. The van der Waals surface area contributed by atoms with Gasteiger partial charge in [0.2, 0.25) is 0 Å². The van der Waals surface area contributed by atoms with E-state index in [0.29, 0.717) is 27.0 Å². The maximum atomic E-state index is 12.8. The first-order valence-corrected chi connectivity index (χ1v) is 4.74. The van der Waals surface area contributed by atoms with Gasteiger partial charge in [0.1, 0.15) is 0 Å². The SMILES string of the molecule is O=Cc1cc(Cl)cc2cc(F)sc12. The molecule has 4 heteroatoms. The molecule has 1 nitrogen and oxygen atoms in total. The molecule has 2 rings (SSSR count). The zero-order valence-electron chi connectivity index (χ0n) is 6.38. The van der Waals surface area contributed by atoms with E-state index in [1.54, 1.807) is 6.07 Å². The van der Waals surface area contributed by atoms with Gasteiger partial charge in [-0.2, -0.15) is 4.39 Å². The average Bonchev–Trinajstić information content (AvgIpc) is 2.43. The third kappa shape index (κ3) is 1.45. The first-order valence-electron chi connectivity index (χ1n) is 3.54. The van der Waals surface area contributed by atoms with Gasteiger partial charge >= 0.3 is 0 Å². The highest BCUT2D eigenvalue weighted by molar-refractivity contribution is 7.17. The normalized spacial score (nSPS) is 10.6. The number of fused-ring (bicyclic) bond motifs is 1.